The number of hydrogen-bond donors (Lipinski definition) is 1. The fourth-order valence-electron chi connectivity index (χ4n) is 2.29. The molecule has 0 aliphatic carbocycles. The summed E-state index contributed by atoms with van der Waals surface area (Å²) in [4.78, 5) is 14.5. The molecule has 0 aromatic rings. The number of carbonyl (C=O) groups is 1. The normalized spacial score (nSPS) is 16.8. The molecule has 1 amide bonds. The second-order valence-corrected chi connectivity index (χ2v) is 5.19. The van der Waals surface area contributed by atoms with Crippen molar-refractivity contribution in [3.05, 3.63) is 12.7 Å². The average Bonchev–Trinajstić information content (AvgIpc) is 2.39. The summed E-state index contributed by atoms with van der Waals surface area (Å²) in [6, 6.07) is 0. The summed E-state index contributed by atoms with van der Waals surface area (Å²) in [7, 11) is 2.07. The van der Waals surface area contributed by atoms with E-state index >= 15 is 0 Å². The van der Waals surface area contributed by atoms with Gasteiger partial charge >= 0.3 is 6.09 Å². The lowest BCUT2D eigenvalue weighted by molar-refractivity contribution is 0.0617. The van der Waals surface area contributed by atoms with Gasteiger partial charge in [0.05, 0.1) is 0 Å². The van der Waals surface area contributed by atoms with E-state index in [1.165, 1.54) is 4.90 Å². The van der Waals surface area contributed by atoms with Gasteiger partial charge < -0.3 is 19.6 Å². The molecule has 1 aliphatic heterocycles. The fourth-order valence-corrected chi connectivity index (χ4v) is 2.29. The van der Waals surface area contributed by atoms with Gasteiger partial charge in [-0.25, -0.2) is 4.79 Å². The van der Waals surface area contributed by atoms with Crippen molar-refractivity contribution >= 4 is 6.09 Å². The van der Waals surface area contributed by atoms with Crippen LogP contribution in [0.4, 0.5) is 4.79 Å². The van der Waals surface area contributed by atoms with Gasteiger partial charge in [0.25, 0.3) is 0 Å². The van der Waals surface area contributed by atoms with Crippen LogP contribution in [0.2, 0.25) is 0 Å². The molecule has 1 N–H and O–H groups in total. The first-order valence-corrected chi connectivity index (χ1v) is 6.98. The van der Waals surface area contributed by atoms with Gasteiger partial charge in [0.2, 0.25) is 0 Å². The van der Waals surface area contributed by atoms with Crippen LogP contribution in [0.5, 0.6) is 0 Å². The van der Waals surface area contributed by atoms with Crippen molar-refractivity contribution in [2.24, 2.45) is 5.92 Å². The predicted molar refractivity (Wildman–Crippen MR) is 75.5 cm³/mol. The third kappa shape index (κ3) is 6.59. The van der Waals surface area contributed by atoms with Crippen molar-refractivity contribution in [3.8, 4) is 0 Å². The third-order valence-corrected chi connectivity index (χ3v) is 3.51. The zero-order chi connectivity index (χ0) is 14.1. The second kappa shape index (κ2) is 8.93. The van der Waals surface area contributed by atoms with Crippen molar-refractivity contribution in [3.63, 3.8) is 0 Å². The van der Waals surface area contributed by atoms with Crippen LogP contribution in [0.25, 0.3) is 0 Å². The lowest BCUT2D eigenvalue weighted by Gasteiger charge is -2.29. The Kier molecular flexibility index (Phi) is 7.52. The molecule has 5 heteroatoms. The Morgan fingerprint density at radius 1 is 1.53 bits per heavy atom. The first-order chi connectivity index (χ1) is 9.13. The standard InChI is InChI=1S/C14H26N2O3/c1-3-7-15(2)8-4-11-19-12-13-5-9-16(10-6-13)14(17)18/h3,13H,1,4-12H2,2H3,(H,17,18). The molecule has 0 unspecified atom stereocenters. The van der Waals surface area contributed by atoms with Crippen LogP contribution in [-0.4, -0.2) is 67.4 Å². The molecular formula is C14H26N2O3. The highest BCUT2D eigenvalue weighted by atomic mass is 16.5. The number of piperidine rings is 1. The van der Waals surface area contributed by atoms with Gasteiger partial charge in [0.1, 0.15) is 0 Å². The monoisotopic (exact) mass is 270 g/mol. The maximum absolute atomic E-state index is 10.8. The van der Waals surface area contributed by atoms with Crippen molar-refractivity contribution in [1.29, 1.82) is 0 Å². The number of hydrogen-bond acceptors (Lipinski definition) is 3. The van der Waals surface area contributed by atoms with Gasteiger partial charge in [0.15, 0.2) is 0 Å². The lowest BCUT2D eigenvalue weighted by Crippen LogP contribution is -2.38. The largest absolute Gasteiger partial charge is 0.465 e. The van der Waals surface area contributed by atoms with E-state index in [9.17, 15) is 4.79 Å². The number of ether oxygens (including phenoxy) is 1. The molecule has 0 atom stereocenters. The Morgan fingerprint density at radius 2 is 2.21 bits per heavy atom. The molecule has 1 heterocycles. The number of rotatable bonds is 8. The van der Waals surface area contributed by atoms with E-state index in [2.05, 4.69) is 18.5 Å². The van der Waals surface area contributed by atoms with Crippen LogP contribution in [0, 0.1) is 5.92 Å². The summed E-state index contributed by atoms with van der Waals surface area (Å²) < 4.78 is 5.68. The van der Waals surface area contributed by atoms with Crippen LogP contribution in [0.1, 0.15) is 19.3 Å². The van der Waals surface area contributed by atoms with E-state index in [1.807, 2.05) is 6.08 Å². The van der Waals surface area contributed by atoms with E-state index in [1.54, 1.807) is 0 Å². The Hall–Kier alpha value is -1.07. The summed E-state index contributed by atoms with van der Waals surface area (Å²) in [6.45, 7) is 8.46. The summed E-state index contributed by atoms with van der Waals surface area (Å²) in [6.07, 6.45) is 3.96. The fraction of sp³-hybridized carbons (Fsp3) is 0.786. The van der Waals surface area contributed by atoms with Crippen LogP contribution in [0.15, 0.2) is 12.7 Å². The minimum atomic E-state index is -0.801. The average molecular weight is 270 g/mol. The van der Waals surface area contributed by atoms with E-state index in [0.29, 0.717) is 19.0 Å². The lowest BCUT2D eigenvalue weighted by atomic mass is 9.98. The van der Waals surface area contributed by atoms with Crippen molar-refractivity contribution in [2.45, 2.75) is 19.3 Å². The van der Waals surface area contributed by atoms with Crippen LogP contribution in [0.3, 0.4) is 0 Å². The summed E-state index contributed by atoms with van der Waals surface area (Å²) in [5.41, 5.74) is 0. The van der Waals surface area contributed by atoms with Crippen molar-refractivity contribution < 1.29 is 14.6 Å². The first-order valence-electron chi connectivity index (χ1n) is 6.98. The van der Waals surface area contributed by atoms with E-state index < -0.39 is 6.09 Å². The molecule has 0 aromatic heterocycles. The smallest absolute Gasteiger partial charge is 0.407 e. The molecule has 0 saturated carbocycles. The van der Waals surface area contributed by atoms with E-state index in [-0.39, 0.29) is 0 Å². The molecule has 0 radical (unpaired) electrons. The maximum atomic E-state index is 10.8. The Bertz CT molecular complexity index is 276. The first kappa shape index (κ1) is 16.0. The number of carboxylic acid groups (broad SMARTS) is 1. The zero-order valence-electron chi connectivity index (χ0n) is 11.9. The van der Waals surface area contributed by atoms with Gasteiger partial charge in [-0.05, 0) is 32.2 Å². The van der Waals surface area contributed by atoms with Crippen molar-refractivity contribution in [2.75, 3.05) is 46.4 Å². The molecular weight excluding hydrogens is 244 g/mol. The van der Waals surface area contributed by atoms with Crippen LogP contribution in [-0.2, 0) is 4.74 Å². The summed E-state index contributed by atoms with van der Waals surface area (Å²) >= 11 is 0. The molecule has 19 heavy (non-hydrogen) atoms. The molecule has 1 fully saturated rings. The van der Waals surface area contributed by atoms with Crippen molar-refractivity contribution in [1.82, 2.24) is 9.80 Å². The predicted octanol–water partition coefficient (Wildman–Crippen LogP) is 1.90. The van der Waals surface area contributed by atoms with Gasteiger partial charge in [0, 0.05) is 39.4 Å². The topological polar surface area (TPSA) is 53.0 Å². The molecule has 110 valence electrons. The SMILES string of the molecule is C=CCN(C)CCCOCC1CCN(C(=O)O)CC1. The van der Waals surface area contributed by atoms with Crippen LogP contribution < -0.4 is 0 Å². The van der Waals surface area contributed by atoms with Gasteiger partial charge in [-0.3, -0.25) is 0 Å². The maximum Gasteiger partial charge on any atom is 0.407 e. The molecule has 0 bridgehead atoms. The second-order valence-electron chi connectivity index (χ2n) is 5.19. The number of nitrogens with zero attached hydrogens (tertiary/aromatic N) is 2. The Balaban J connectivity index is 1.99. The number of likely N-dealkylation sites (tertiary alicyclic amines) is 1. The minimum absolute atomic E-state index is 0.515. The zero-order valence-corrected chi connectivity index (χ0v) is 11.9. The molecule has 1 saturated heterocycles. The quantitative estimate of drug-likeness (QED) is 0.540. The number of amides is 1. The molecule has 1 rings (SSSR count). The molecule has 1 aliphatic rings. The van der Waals surface area contributed by atoms with E-state index in [4.69, 9.17) is 9.84 Å². The van der Waals surface area contributed by atoms with Crippen LogP contribution >= 0.6 is 0 Å². The third-order valence-electron chi connectivity index (χ3n) is 3.51. The summed E-state index contributed by atoms with van der Waals surface area (Å²) in [5, 5.41) is 8.85. The van der Waals surface area contributed by atoms with Gasteiger partial charge in [-0.15, -0.1) is 6.58 Å². The molecule has 5 nitrogen and oxygen atoms in total. The Labute approximate surface area is 115 Å². The molecule has 0 aromatic carbocycles. The highest BCUT2D eigenvalue weighted by Gasteiger charge is 2.22. The highest BCUT2D eigenvalue weighted by molar-refractivity contribution is 5.64. The summed E-state index contributed by atoms with van der Waals surface area (Å²) in [5.74, 6) is 0.515. The van der Waals surface area contributed by atoms with Gasteiger partial charge in [-0.2, -0.15) is 0 Å². The molecule has 0 spiro atoms. The highest BCUT2D eigenvalue weighted by Crippen LogP contribution is 2.17. The number of likely N-dealkylation sites (N-methyl/N-ethyl adjacent to an activating group) is 1. The van der Waals surface area contributed by atoms with Gasteiger partial charge in [-0.1, -0.05) is 6.08 Å². The Morgan fingerprint density at radius 3 is 2.79 bits per heavy atom. The van der Waals surface area contributed by atoms with E-state index in [0.717, 1.165) is 45.6 Å². The minimum Gasteiger partial charge on any atom is -0.465 e.